The molecule has 0 aliphatic heterocycles. The highest BCUT2D eigenvalue weighted by atomic mass is 16.5. The van der Waals surface area contributed by atoms with Crippen LogP contribution in [0.4, 0.5) is 11.4 Å². The highest BCUT2D eigenvalue weighted by Crippen LogP contribution is 2.29. The van der Waals surface area contributed by atoms with Gasteiger partial charge in [0.25, 0.3) is 5.91 Å². The summed E-state index contributed by atoms with van der Waals surface area (Å²) in [5.41, 5.74) is 0.988. The van der Waals surface area contributed by atoms with E-state index in [0.717, 1.165) is 0 Å². The van der Waals surface area contributed by atoms with Crippen molar-refractivity contribution < 1.29 is 23.8 Å². The third-order valence-corrected chi connectivity index (χ3v) is 3.30. The first kappa shape index (κ1) is 19.1. The lowest BCUT2D eigenvalue weighted by Crippen LogP contribution is -2.21. The van der Waals surface area contributed by atoms with Crippen LogP contribution in [0.2, 0.25) is 0 Å². The van der Waals surface area contributed by atoms with Crippen LogP contribution < -0.4 is 24.8 Å². The topological polar surface area (TPSA) is 85.9 Å². The number of benzene rings is 2. The lowest BCUT2D eigenvalue weighted by Gasteiger charge is -2.14. The van der Waals surface area contributed by atoms with Gasteiger partial charge in [-0.1, -0.05) is 12.1 Å². The van der Waals surface area contributed by atoms with E-state index in [-0.39, 0.29) is 18.4 Å². The van der Waals surface area contributed by atoms with Gasteiger partial charge in [-0.2, -0.15) is 0 Å². The number of para-hydroxylation sites is 2. The van der Waals surface area contributed by atoms with Crippen molar-refractivity contribution in [2.75, 3.05) is 31.0 Å². The zero-order valence-electron chi connectivity index (χ0n) is 15.0. The molecule has 0 unspecified atom stereocenters. The minimum atomic E-state index is -0.366. The monoisotopic (exact) mass is 358 g/mol. The fourth-order valence-electron chi connectivity index (χ4n) is 2.26. The number of carbonyl (C=O) groups is 2. The van der Waals surface area contributed by atoms with Crippen molar-refractivity contribution in [1.29, 1.82) is 0 Å². The largest absolute Gasteiger partial charge is 0.495 e. The predicted molar refractivity (Wildman–Crippen MR) is 99.0 cm³/mol. The zero-order valence-corrected chi connectivity index (χ0v) is 15.0. The molecule has 0 fully saturated rings. The Bertz CT molecular complexity index is 776. The molecule has 7 nitrogen and oxygen atoms in total. The number of carbonyl (C=O) groups excluding carboxylic acids is 2. The quantitative estimate of drug-likeness (QED) is 0.757. The van der Waals surface area contributed by atoms with E-state index in [2.05, 4.69) is 10.6 Å². The average Bonchev–Trinajstić information content (AvgIpc) is 2.61. The van der Waals surface area contributed by atoms with Gasteiger partial charge in [0.15, 0.2) is 18.1 Å². The first-order valence-electron chi connectivity index (χ1n) is 8.13. The Morgan fingerprint density at radius 3 is 2.27 bits per heavy atom. The summed E-state index contributed by atoms with van der Waals surface area (Å²) in [6, 6.07) is 12.1. The lowest BCUT2D eigenvalue weighted by atomic mass is 10.2. The summed E-state index contributed by atoms with van der Waals surface area (Å²) in [6.45, 7) is 3.58. The summed E-state index contributed by atoms with van der Waals surface area (Å²) >= 11 is 0. The standard InChI is InChI=1S/C19H22N2O5/c1-4-25-17-7-5-6-8-18(17)26-12-19(23)21-15-11-14(20-13(2)22)9-10-16(15)24-3/h5-11H,4,12H2,1-3H3,(H,20,22)(H,21,23). The summed E-state index contributed by atoms with van der Waals surface area (Å²) in [6.07, 6.45) is 0. The third-order valence-electron chi connectivity index (χ3n) is 3.30. The summed E-state index contributed by atoms with van der Waals surface area (Å²) in [5, 5.41) is 5.37. The Balaban J connectivity index is 2.04. The number of hydrogen-bond acceptors (Lipinski definition) is 5. The molecule has 2 aromatic carbocycles. The van der Waals surface area contributed by atoms with Crippen LogP contribution >= 0.6 is 0 Å². The lowest BCUT2D eigenvalue weighted by molar-refractivity contribution is -0.118. The van der Waals surface area contributed by atoms with E-state index in [4.69, 9.17) is 14.2 Å². The molecule has 0 aliphatic carbocycles. The van der Waals surface area contributed by atoms with Gasteiger partial charge < -0.3 is 24.8 Å². The molecule has 0 aromatic heterocycles. The number of ether oxygens (including phenoxy) is 3. The van der Waals surface area contributed by atoms with Crippen LogP contribution in [0.3, 0.4) is 0 Å². The van der Waals surface area contributed by atoms with Crippen LogP contribution in [0.25, 0.3) is 0 Å². The molecule has 0 saturated carbocycles. The van der Waals surface area contributed by atoms with Crippen molar-refractivity contribution in [1.82, 2.24) is 0 Å². The second-order valence-corrected chi connectivity index (χ2v) is 5.31. The number of anilines is 2. The van der Waals surface area contributed by atoms with E-state index in [1.165, 1.54) is 14.0 Å². The number of nitrogens with one attached hydrogen (secondary N) is 2. The minimum absolute atomic E-state index is 0.197. The number of hydrogen-bond donors (Lipinski definition) is 2. The van der Waals surface area contributed by atoms with E-state index in [1.54, 1.807) is 36.4 Å². The van der Waals surface area contributed by atoms with E-state index >= 15 is 0 Å². The molecule has 138 valence electrons. The highest BCUT2D eigenvalue weighted by Gasteiger charge is 2.11. The maximum absolute atomic E-state index is 12.2. The van der Waals surface area contributed by atoms with Gasteiger partial charge in [0, 0.05) is 12.6 Å². The third kappa shape index (κ3) is 5.41. The Hall–Kier alpha value is -3.22. The fourth-order valence-corrected chi connectivity index (χ4v) is 2.26. The molecule has 7 heteroatoms. The summed E-state index contributed by atoms with van der Waals surface area (Å²) < 4.78 is 16.2. The highest BCUT2D eigenvalue weighted by molar-refractivity contribution is 5.95. The molecule has 2 amide bonds. The van der Waals surface area contributed by atoms with Crippen molar-refractivity contribution >= 4 is 23.2 Å². The molecule has 0 bridgehead atoms. The first-order chi connectivity index (χ1) is 12.5. The van der Waals surface area contributed by atoms with Crippen LogP contribution in [0.1, 0.15) is 13.8 Å². The molecule has 0 atom stereocenters. The molecule has 2 N–H and O–H groups in total. The van der Waals surface area contributed by atoms with Crippen molar-refractivity contribution in [3.8, 4) is 17.2 Å². The van der Waals surface area contributed by atoms with Crippen LogP contribution in [-0.4, -0.2) is 32.1 Å². The fraction of sp³-hybridized carbons (Fsp3) is 0.263. The minimum Gasteiger partial charge on any atom is -0.495 e. The molecule has 0 spiro atoms. The van der Waals surface area contributed by atoms with Gasteiger partial charge in [-0.15, -0.1) is 0 Å². The van der Waals surface area contributed by atoms with Crippen LogP contribution in [0.15, 0.2) is 42.5 Å². The van der Waals surface area contributed by atoms with E-state index in [1.807, 2.05) is 13.0 Å². The molecular weight excluding hydrogens is 336 g/mol. The zero-order chi connectivity index (χ0) is 18.9. The maximum Gasteiger partial charge on any atom is 0.262 e. The van der Waals surface area contributed by atoms with E-state index in [9.17, 15) is 9.59 Å². The summed E-state index contributed by atoms with van der Waals surface area (Å²) in [5.74, 6) is 0.969. The average molecular weight is 358 g/mol. The smallest absolute Gasteiger partial charge is 0.262 e. The molecule has 0 radical (unpaired) electrons. The SMILES string of the molecule is CCOc1ccccc1OCC(=O)Nc1cc(NC(C)=O)ccc1OC. The molecular formula is C19H22N2O5. The van der Waals surface area contributed by atoms with Gasteiger partial charge in [-0.05, 0) is 37.3 Å². The van der Waals surface area contributed by atoms with Crippen molar-refractivity contribution in [3.05, 3.63) is 42.5 Å². The van der Waals surface area contributed by atoms with Crippen LogP contribution in [-0.2, 0) is 9.59 Å². The van der Waals surface area contributed by atoms with Crippen LogP contribution in [0, 0.1) is 0 Å². The molecule has 2 rings (SSSR count). The Labute approximate surface area is 152 Å². The predicted octanol–water partition coefficient (Wildman–Crippen LogP) is 3.07. The van der Waals surface area contributed by atoms with E-state index < -0.39 is 0 Å². The molecule has 2 aromatic rings. The van der Waals surface area contributed by atoms with Crippen LogP contribution in [0.5, 0.6) is 17.2 Å². The van der Waals surface area contributed by atoms with Crippen molar-refractivity contribution in [3.63, 3.8) is 0 Å². The second kappa shape index (κ2) is 9.31. The van der Waals surface area contributed by atoms with Gasteiger partial charge >= 0.3 is 0 Å². The van der Waals surface area contributed by atoms with Crippen molar-refractivity contribution in [2.45, 2.75) is 13.8 Å². The first-order valence-corrected chi connectivity index (χ1v) is 8.13. The normalized spacial score (nSPS) is 9.96. The van der Waals surface area contributed by atoms with Gasteiger partial charge in [0.2, 0.25) is 5.91 Å². The Morgan fingerprint density at radius 2 is 1.65 bits per heavy atom. The summed E-state index contributed by atoms with van der Waals surface area (Å²) in [4.78, 5) is 23.4. The summed E-state index contributed by atoms with van der Waals surface area (Å²) in [7, 11) is 1.50. The number of methoxy groups -OCH3 is 1. The number of rotatable bonds is 8. The Morgan fingerprint density at radius 1 is 0.962 bits per heavy atom. The number of amides is 2. The molecule has 0 heterocycles. The van der Waals surface area contributed by atoms with Crippen molar-refractivity contribution in [2.24, 2.45) is 0 Å². The second-order valence-electron chi connectivity index (χ2n) is 5.31. The van der Waals surface area contributed by atoms with E-state index in [0.29, 0.717) is 35.2 Å². The molecule has 26 heavy (non-hydrogen) atoms. The maximum atomic E-state index is 12.2. The van der Waals surface area contributed by atoms with Gasteiger partial charge in [-0.3, -0.25) is 9.59 Å². The molecule has 0 saturated heterocycles. The molecule has 0 aliphatic rings. The van der Waals surface area contributed by atoms with Gasteiger partial charge in [0.05, 0.1) is 19.4 Å². The van der Waals surface area contributed by atoms with Gasteiger partial charge in [-0.25, -0.2) is 0 Å². The Kier molecular flexibility index (Phi) is 6.84. The van der Waals surface area contributed by atoms with Gasteiger partial charge in [0.1, 0.15) is 5.75 Å².